The zero-order valence-electron chi connectivity index (χ0n) is 14.3. The smallest absolute Gasteiger partial charge is 0.338 e. The molecule has 0 saturated heterocycles. The van der Waals surface area contributed by atoms with Gasteiger partial charge in [0.2, 0.25) is 0 Å². The summed E-state index contributed by atoms with van der Waals surface area (Å²) in [5.41, 5.74) is 1.80. The van der Waals surface area contributed by atoms with Gasteiger partial charge in [0, 0.05) is 6.20 Å². The minimum atomic E-state index is -0.451. The van der Waals surface area contributed by atoms with Crippen LogP contribution >= 0.6 is 11.6 Å². The van der Waals surface area contributed by atoms with Gasteiger partial charge in [0.1, 0.15) is 17.6 Å². The Kier molecular flexibility index (Phi) is 6.08. The molecule has 1 N–H and O–H groups in total. The molecule has 0 atom stereocenters. The van der Waals surface area contributed by atoms with Crippen LogP contribution in [0, 0.1) is 11.3 Å². The number of carbonyl (C=O) groups is 1. The molecule has 0 bridgehead atoms. The maximum Gasteiger partial charge on any atom is 0.338 e. The predicted octanol–water partition coefficient (Wildman–Crippen LogP) is 4.52. The molecule has 0 spiro atoms. The summed E-state index contributed by atoms with van der Waals surface area (Å²) in [5.74, 6) is 0.306. The van der Waals surface area contributed by atoms with Crippen LogP contribution in [0.15, 0.2) is 54.9 Å². The van der Waals surface area contributed by atoms with Gasteiger partial charge in [-0.05, 0) is 48.7 Å². The van der Waals surface area contributed by atoms with Gasteiger partial charge < -0.3 is 9.47 Å². The van der Waals surface area contributed by atoms with Crippen molar-refractivity contribution in [3.63, 3.8) is 0 Å². The highest BCUT2D eigenvalue weighted by Crippen LogP contribution is 2.31. The number of esters is 1. The van der Waals surface area contributed by atoms with Gasteiger partial charge in [-0.25, -0.2) is 4.79 Å². The van der Waals surface area contributed by atoms with Gasteiger partial charge in [0.15, 0.2) is 0 Å². The number of aryl methyl sites for hydroxylation is 1. The second kappa shape index (κ2) is 8.88. The molecule has 1 heterocycles. The molecule has 0 radical (unpaired) electrons. The predicted molar refractivity (Wildman–Crippen MR) is 99.9 cm³/mol. The van der Waals surface area contributed by atoms with Crippen molar-refractivity contribution in [1.82, 2.24) is 10.2 Å². The first-order valence-corrected chi connectivity index (χ1v) is 8.66. The van der Waals surface area contributed by atoms with E-state index in [1.54, 1.807) is 42.6 Å². The van der Waals surface area contributed by atoms with Crippen molar-refractivity contribution in [2.45, 2.75) is 12.8 Å². The van der Waals surface area contributed by atoms with Gasteiger partial charge in [-0.1, -0.05) is 23.7 Å². The summed E-state index contributed by atoms with van der Waals surface area (Å²) in [6.07, 6.45) is 5.02. The normalized spacial score (nSPS) is 10.2. The Balaban J connectivity index is 1.58. The largest absolute Gasteiger partial charge is 0.462 e. The number of rotatable bonds is 7. The summed E-state index contributed by atoms with van der Waals surface area (Å²) in [7, 11) is 0. The molecule has 0 amide bonds. The van der Waals surface area contributed by atoms with E-state index in [-0.39, 0.29) is 5.02 Å². The number of ether oxygens (including phenoxy) is 2. The van der Waals surface area contributed by atoms with E-state index in [1.165, 1.54) is 6.07 Å². The van der Waals surface area contributed by atoms with Gasteiger partial charge in [-0.3, -0.25) is 5.10 Å². The standard InChI is InChI=1S/C20H16ClN3O3/c21-17-10-15(20(25)26-9-3-4-14-12-23-24-13-14)7-8-19(17)27-18-6-2-1-5-16(18)11-22/h1-2,5-8,10,12-13H,3-4,9H2,(H,23,24). The van der Waals surface area contributed by atoms with Crippen LogP contribution in [-0.4, -0.2) is 22.8 Å². The molecule has 6 nitrogen and oxygen atoms in total. The average molecular weight is 382 g/mol. The van der Waals surface area contributed by atoms with Crippen molar-refractivity contribution >= 4 is 17.6 Å². The zero-order valence-corrected chi connectivity index (χ0v) is 15.1. The second-order valence-corrected chi connectivity index (χ2v) is 6.11. The quantitative estimate of drug-likeness (QED) is 0.480. The molecule has 0 aliphatic heterocycles. The fourth-order valence-corrected chi connectivity index (χ4v) is 2.64. The number of aromatic amines is 1. The molecule has 0 aliphatic carbocycles. The maximum absolute atomic E-state index is 12.1. The van der Waals surface area contributed by atoms with Gasteiger partial charge in [-0.2, -0.15) is 10.4 Å². The summed E-state index contributed by atoms with van der Waals surface area (Å²) >= 11 is 6.22. The topological polar surface area (TPSA) is 88.0 Å². The summed E-state index contributed by atoms with van der Waals surface area (Å²) in [6, 6.07) is 13.5. The molecule has 7 heteroatoms. The molecular weight excluding hydrogens is 366 g/mol. The Bertz CT molecular complexity index is 965. The van der Waals surface area contributed by atoms with Gasteiger partial charge in [0.05, 0.1) is 29.0 Å². The van der Waals surface area contributed by atoms with E-state index in [9.17, 15) is 4.79 Å². The van der Waals surface area contributed by atoms with Crippen molar-refractivity contribution in [3.05, 3.63) is 76.6 Å². The van der Waals surface area contributed by atoms with Crippen LogP contribution in [0.25, 0.3) is 0 Å². The Labute approximate surface area is 161 Å². The van der Waals surface area contributed by atoms with E-state index in [1.807, 2.05) is 6.20 Å². The third-order valence-electron chi connectivity index (χ3n) is 3.79. The first-order valence-electron chi connectivity index (χ1n) is 8.28. The molecule has 27 heavy (non-hydrogen) atoms. The Morgan fingerprint density at radius 3 is 2.81 bits per heavy atom. The molecule has 1 aromatic heterocycles. The summed E-state index contributed by atoms with van der Waals surface area (Å²) < 4.78 is 11.0. The van der Waals surface area contributed by atoms with Crippen molar-refractivity contribution in [1.29, 1.82) is 5.26 Å². The van der Waals surface area contributed by atoms with Crippen LogP contribution in [0.4, 0.5) is 0 Å². The van der Waals surface area contributed by atoms with Crippen LogP contribution in [-0.2, 0) is 11.2 Å². The summed E-state index contributed by atoms with van der Waals surface area (Å²) in [4.78, 5) is 12.1. The number of nitrogens with one attached hydrogen (secondary N) is 1. The zero-order chi connectivity index (χ0) is 19.1. The highest BCUT2D eigenvalue weighted by molar-refractivity contribution is 6.32. The van der Waals surface area contributed by atoms with E-state index in [0.29, 0.717) is 35.7 Å². The van der Waals surface area contributed by atoms with Crippen LogP contribution in [0.2, 0.25) is 5.02 Å². The van der Waals surface area contributed by atoms with E-state index < -0.39 is 5.97 Å². The number of H-pyrrole nitrogens is 1. The minimum Gasteiger partial charge on any atom is -0.462 e. The lowest BCUT2D eigenvalue weighted by molar-refractivity contribution is 0.0500. The fraction of sp³-hybridized carbons (Fsp3) is 0.150. The Hall–Kier alpha value is -3.30. The third-order valence-corrected chi connectivity index (χ3v) is 4.09. The second-order valence-electron chi connectivity index (χ2n) is 5.70. The van der Waals surface area contributed by atoms with E-state index in [4.69, 9.17) is 26.3 Å². The van der Waals surface area contributed by atoms with Crippen LogP contribution < -0.4 is 4.74 Å². The summed E-state index contributed by atoms with van der Waals surface area (Å²) in [6.45, 7) is 0.301. The van der Waals surface area contributed by atoms with Crippen LogP contribution in [0.5, 0.6) is 11.5 Å². The van der Waals surface area contributed by atoms with Gasteiger partial charge in [0.25, 0.3) is 0 Å². The molecule has 0 aliphatic rings. The van der Waals surface area contributed by atoms with Crippen molar-refractivity contribution < 1.29 is 14.3 Å². The van der Waals surface area contributed by atoms with E-state index in [2.05, 4.69) is 16.3 Å². The number of hydrogen-bond acceptors (Lipinski definition) is 5. The number of nitrogens with zero attached hydrogens (tertiary/aromatic N) is 2. The number of halogens is 1. The monoisotopic (exact) mass is 381 g/mol. The molecule has 2 aromatic carbocycles. The molecule has 0 fully saturated rings. The number of hydrogen-bond donors (Lipinski definition) is 1. The van der Waals surface area contributed by atoms with Crippen molar-refractivity contribution in [2.24, 2.45) is 0 Å². The molecule has 3 aromatic rings. The molecule has 136 valence electrons. The molecule has 3 rings (SSSR count). The lowest BCUT2D eigenvalue weighted by atomic mass is 10.2. The number of benzene rings is 2. The Morgan fingerprint density at radius 2 is 2.07 bits per heavy atom. The number of carbonyl (C=O) groups excluding carboxylic acids is 1. The lowest BCUT2D eigenvalue weighted by Gasteiger charge is -2.10. The van der Waals surface area contributed by atoms with E-state index >= 15 is 0 Å². The van der Waals surface area contributed by atoms with Crippen LogP contribution in [0.1, 0.15) is 27.9 Å². The van der Waals surface area contributed by atoms with Crippen molar-refractivity contribution in [2.75, 3.05) is 6.61 Å². The SMILES string of the molecule is N#Cc1ccccc1Oc1ccc(C(=O)OCCCc2cn[nH]c2)cc1Cl. The molecule has 0 saturated carbocycles. The average Bonchev–Trinajstić information content (AvgIpc) is 3.20. The molecular formula is C20H16ClN3O3. The Morgan fingerprint density at radius 1 is 1.22 bits per heavy atom. The minimum absolute atomic E-state index is 0.260. The highest BCUT2D eigenvalue weighted by atomic mass is 35.5. The first kappa shape index (κ1) is 18.5. The van der Waals surface area contributed by atoms with Gasteiger partial charge in [-0.15, -0.1) is 0 Å². The van der Waals surface area contributed by atoms with Crippen LogP contribution in [0.3, 0.4) is 0 Å². The number of para-hydroxylation sites is 1. The van der Waals surface area contributed by atoms with E-state index in [0.717, 1.165) is 12.0 Å². The summed E-state index contributed by atoms with van der Waals surface area (Å²) in [5, 5.41) is 16.0. The first-order chi connectivity index (χ1) is 13.2. The number of nitriles is 1. The molecule has 0 unspecified atom stereocenters. The third kappa shape index (κ3) is 4.87. The van der Waals surface area contributed by atoms with Gasteiger partial charge >= 0.3 is 5.97 Å². The van der Waals surface area contributed by atoms with Crippen molar-refractivity contribution in [3.8, 4) is 17.6 Å². The number of aromatic nitrogens is 2. The fourth-order valence-electron chi connectivity index (χ4n) is 2.42. The lowest BCUT2D eigenvalue weighted by Crippen LogP contribution is -2.07. The maximum atomic E-state index is 12.1. The highest BCUT2D eigenvalue weighted by Gasteiger charge is 2.12.